The van der Waals surface area contributed by atoms with Crippen LogP contribution in [-0.4, -0.2) is 66.5 Å². The summed E-state index contributed by atoms with van der Waals surface area (Å²) in [7, 11) is 0. The summed E-state index contributed by atoms with van der Waals surface area (Å²) in [5, 5.41) is 0. The summed E-state index contributed by atoms with van der Waals surface area (Å²) in [5.41, 5.74) is -0.652. The van der Waals surface area contributed by atoms with Crippen LogP contribution in [0.25, 0.3) is 0 Å². The third-order valence-electron chi connectivity index (χ3n) is 5.49. The van der Waals surface area contributed by atoms with E-state index in [2.05, 4.69) is 9.88 Å². The Kier molecular flexibility index (Phi) is 6.24. The van der Waals surface area contributed by atoms with Gasteiger partial charge in [-0.1, -0.05) is 6.92 Å². The molecule has 1 amide bonds. The molecule has 27 heavy (non-hydrogen) atoms. The van der Waals surface area contributed by atoms with Crippen LogP contribution >= 0.6 is 0 Å². The van der Waals surface area contributed by atoms with Gasteiger partial charge in [-0.3, -0.25) is 9.69 Å². The highest BCUT2D eigenvalue weighted by Crippen LogP contribution is 2.30. The van der Waals surface area contributed by atoms with E-state index in [1.54, 1.807) is 0 Å². The normalized spacial score (nSPS) is 21.9. The number of amides is 1. The zero-order valence-electron chi connectivity index (χ0n) is 15.7. The number of alkyl halides is 3. The summed E-state index contributed by atoms with van der Waals surface area (Å²) in [4.78, 5) is 22.2. The SMILES string of the molecule is CC1CCN(CCCCN2CCN(c3cc(C(F)(F)F)ccn3)CC2)C1=O. The molecule has 1 unspecified atom stereocenters. The largest absolute Gasteiger partial charge is 0.416 e. The van der Waals surface area contributed by atoms with Crippen molar-refractivity contribution in [3.05, 3.63) is 23.9 Å². The van der Waals surface area contributed by atoms with Crippen molar-refractivity contribution in [3.8, 4) is 0 Å². The minimum absolute atomic E-state index is 0.169. The van der Waals surface area contributed by atoms with Gasteiger partial charge in [-0.25, -0.2) is 4.98 Å². The molecule has 150 valence electrons. The maximum absolute atomic E-state index is 12.8. The predicted molar refractivity (Wildman–Crippen MR) is 97.5 cm³/mol. The number of likely N-dealkylation sites (tertiary alicyclic amines) is 1. The van der Waals surface area contributed by atoms with Gasteiger partial charge in [-0.15, -0.1) is 0 Å². The van der Waals surface area contributed by atoms with Gasteiger partial charge in [0.15, 0.2) is 0 Å². The Morgan fingerprint density at radius 1 is 1.11 bits per heavy atom. The predicted octanol–water partition coefficient (Wildman–Crippen LogP) is 2.87. The molecule has 0 aromatic carbocycles. The maximum atomic E-state index is 12.8. The molecule has 1 aromatic heterocycles. The molecule has 8 heteroatoms. The first kappa shape index (κ1) is 19.9. The Morgan fingerprint density at radius 3 is 2.44 bits per heavy atom. The van der Waals surface area contributed by atoms with E-state index >= 15 is 0 Å². The minimum Gasteiger partial charge on any atom is -0.354 e. The highest BCUT2D eigenvalue weighted by molar-refractivity contribution is 5.80. The third kappa shape index (κ3) is 5.12. The van der Waals surface area contributed by atoms with E-state index in [1.165, 1.54) is 6.20 Å². The monoisotopic (exact) mass is 384 g/mol. The lowest BCUT2D eigenvalue weighted by Gasteiger charge is -2.35. The van der Waals surface area contributed by atoms with E-state index < -0.39 is 11.7 Å². The topological polar surface area (TPSA) is 39.7 Å². The number of nitrogens with zero attached hydrogens (tertiary/aromatic N) is 4. The summed E-state index contributed by atoms with van der Waals surface area (Å²) in [6.07, 6.45) is -0.128. The average Bonchev–Trinajstić information content (AvgIpc) is 2.97. The van der Waals surface area contributed by atoms with Gasteiger partial charge in [0.05, 0.1) is 5.56 Å². The van der Waals surface area contributed by atoms with Crippen molar-refractivity contribution in [2.75, 3.05) is 50.7 Å². The first-order valence-electron chi connectivity index (χ1n) is 9.64. The van der Waals surface area contributed by atoms with Crippen molar-refractivity contribution in [1.29, 1.82) is 0 Å². The number of halogens is 3. The minimum atomic E-state index is -4.34. The van der Waals surface area contributed by atoms with E-state index in [1.807, 2.05) is 16.7 Å². The number of hydrogen-bond acceptors (Lipinski definition) is 4. The van der Waals surface area contributed by atoms with Crippen LogP contribution in [0.1, 0.15) is 31.7 Å². The Labute approximate surface area is 158 Å². The lowest BCUT2D eigenvalue weighted by Crippen LogP contribution is -2.47. The Balaban J connectivity index is 1.39. The second-order valence-corrected chi connectivity index (χ2v) is 7.45. The molecular formula is C19H27F3N4O. The number of pyridine rings is 1. The molecule has 1 atom stereocenters. The second kappa shape index (κ2) is 8.46. The van der Waals surface area contributed by atoms with E-state index in [0.29, 0.717) is 18.9 Å². The molecule has 0 N–H and O–H groups in total. The van der Waals surface area contributed by atoms with E-state index in [0.717, 1.165) is 64.1 Å². The van der Waals surface area contributed by atoms with Crippen molar-refractivity contribution in [2.24, 2.45) is 5.92 Å². The Hall–Kier alpha value is -1.83. The Morgan fingerprint density at radius 2 is 1.81 bits per heavy atom. The fraction of sp³-hybridized carbons (Fsp3) is 0.684. The van der Waals surface area contributed by atoms with Crippen LogP contribution in [-0.2, 0) is 11.0 Å². The van der Waals surface area contributed by atoms with E-state index in [9.17, 15) is 18.0 Å². The zero-order valence-corrected chi connectivity index (χ0v) is 15.7. The van der Waals surface area contributed by atoms with Crippen molar-refractivity contribution in [2.45, 2.75) is 32.4 Å². The molecule has 0 radical (unpaired) electrons. The van der Waals surface area contributed by atoms with Gasteiger partial charge in [0.25, 0.3) is 0 Å². The van der Waals surface area contributed by atoms with Gasteiger partial charge >= 0.3 is 6.18 Å². The first-order chi connectivity index (χ1) is 12.8. The van der Waals surface area contributed by atoms with Crippen molar-refractivity contribution >= 4 is 11.7 Å². The molecule has 2 fully saturated rings. The molecular weight excluding hydrogens is 357 g/mol. The maximum Gasteiger partial charge on any atom is 0.416 e. The van der Waals surface area contributed by atoms with Crippen LogP contribution in [0.4, 0.5) is 19.0 Å². The number of aromatic nitrogens is 1. The summed E-state index contributed by atoms with van der Waals surface area (Å²) in [6.45, 7) is 7.64. The van der Waals surface area contributed by atoms with Crippen LogP contribution in [0.5, 0.6) is 0 Å². The quantitative estimate of drug-likeness (QED) is 0.707. The molecule has 0 saturated carbocycles. The molecule has 3 rings (SSSR count). The Bertz CT molecular complexity index is 644. The summed E-state index contributed by atoms with van der Waals surface area (Å²) in [5.74, 6) is 0.839. The standard InChI is InChI=1S/C19H27F3N4O/c1-15-5-9-26(18(15)27)8-3-2-7-24-10-12-25(13-11-24)17-14-16(4-6-23-17)19(20,21)22/h4,6,14-15H,2-3,5,7-13H2,1H3. The first-order valence-corrected chi connectivity index (χ1v) is 9.64. The van der Waals surface area contributed by atoms with Gasteiger partial charge < -0.3 is 9.80 Å². The fourth-order valence-corrected chi connectivity index (χ4v) is 3.72. The van der Waals surface area contributed by atoms with Crippen LogP contribution in [0.3, 0.4) is 0 Å². The van der Waals surface area contributed by atoms with Crippen LogP contribution < -0.4 is 4.90 Å². The molecule has 1 aromatic rings. The molecule has 5 nitrogen and oxygen atoms in total. The summed E-state index contributed by atoms with van der Waals surface area (Å²) >= 11 is 0. The zero-order chi connectivity index (χ0) is 19.4. The van der Waals surface area contributed by atoms with Crippen LogP contribution in [0.15, 0.2) is 18.3 Å². The van der Waals surface area contributed by atoms with Gasteiger partial charge in [-0.05, 0) is 37.9 Å². The fourth-order valence-electron chi connectivity index (χ4n) is 3.72. The molecule has 2 saturated heterocycles. The number of unbranched alkanes of at least 4 members (excludes halogenated alkanes) is 1. The third-order valence-corrected chi connectivity index (χ3v) is 5.49. The lowest BCUT2D eigenvalue weighted by atomic mass is 10.1. The molecule has 0 bridgehead atoms. The van der Waals surface area contributed by atoms with E-state index in [4.69, 9.17) is 0 Å². The molecule has 2 aliphatic heterocycles. The van der Waals surface area contributed by atoms with Gasteiger partial charge in [-0.2, -0.15) is 13.2 Å². The number of hydrogen-bond donors (Lipinski definition) is 0. The second-order valence-electron chi connectivity index (χ2n) is 7.45. The molecule has 0 aliphatic carbocycles. The number of anilines is 1. The van der Waals surface area contributed by atoms with Gasteiger partial charge in [0.2, 0.25) is 5.91 Å². The van der Waals surface area contributed by atoms with Crippen molar-refractivity contribution in [3.63, 3.8) is 0 Å². The van der Waals surface area contributed by atoms with Gasteiger partial charge in [0.1, 0.15) is 5.82 Å². The lowest BCUT2D eigenvalue weighted by molar-refractivity contribution is -0.137. The number of rotatable bonds is 6. The number of carbonyl (C=O) groups is 1. The van der Waals surface area contributed by atoms with Crippen LogP contribution in [0.2, 0.25) is 0 Å². The molecule has 3 heterocycles. The van der Waals surface area contributed by atoms with Crippen LogP contribution in [0, 0.1) is 5.92 Å². The molecule has 2 aliphatic rings. The van der Waals surface area contributed by atoms with Crippen molar-refractivity contribution in [1.82, 2.24) is 14.8 Å². The highest BCUT2D eigenvalue weighted by Gasteiger charge is 2.31. The van der Waals surface area contributed by atoms with Gasteiger partial charge in [0, 0.05) is 51.4 Å². The van der Waals surface area contributed by atoms with E-state index in [-0.39, 0.29) is 11.8 Å². The summed E-state index contributed by atoms with van der Waals surface area (Å²) < 4.78 is 38.5. The van der Waals surface area contributed by atoms with Crippen molar-refractivity contribution < 1.29 is 18.0 Å². The molecule has 0 spiro atoms. The number of carbonyl (C=O) groups excluding carboxylic acids is 1. The summed E-state index contributed by atoms with van der Waals surface area (Å²) in [6, 6.07) is 2.13. The highest BCUT2D eigenvalue weighted by atomic mass is 19.4. The number of piperazine rings is 1. The average molecular weight is 384 g/mol. The smallest absolute Gasteiger partial charge is 0.354 e.